The van der Waals surface area contributed by atoms with Gasteiger partial charge in [-0.15, -0.1) is 0 Å². The van der Waals surface area contributed by atoms with Crippen molar-refractivity contribution < 1.29 is 19.1 Å². The molecule has 47 heavy (non-hydrogen) atoms. The molecular formula is C34H52N8O5. The zero-order chi connectivity index (χ0) is 34.4. The second-order valence-corrected chi connectivity index (χ2v) is 14.0. The second-order valence-electron chi connectivity index (χ2n) is 14.0. The van der Waals surface area contributed by atoms with Crippen molar-refractivity contribution in [2.45, 2.75) is 97.9 Å². The van der Waals surface area contributed by atoms with Gasteiger partial charge >= 0.3 is 17.8 Å². The minimum atomic E-state index is -1.03. The summed E-state index contributed by atoms with van der Waals surface area (Å²) in [6.45, 7) is 15.2. The van der Waals surface area contributed by atoms with Crippen LogP contribution >= 0.6 is 0 Å². The molecule has 1 fully saturated rings. The van der Waals surface area contributed by atoms with Gasteiger partial charge in [0.15, 0.2) is 11.5 Å². The molecule has 2 amide bonds. The largest absolute Gasteiger partial charge is 0.463 e. The SMILES string of the molecule is CCCCOc1nc(N)c2[nH]c(=O)n(Cc3ccc(CN4CCC(CCNC(=O)C(C)(C)N(C)C(=O)OC(C)(C)C)CC4)cc3)c2n1. The second kappa shape index (κ2) is 15.2. The van der Waals surface area contributed by atoms with Crippen molar-refractivity contribution in [1.29, 1.82) is 0 Å². The third-order valence-corrected chi connectivity index (χ3v) is 8.74. The van der Waals surface area contributed by atoms with Crippen LogP contribution in [0.3, 0.4) is 0 Å². The molecule has 3 heterocycles. The van der Waals surface area contributed by atoms with Gasteiger partial charge in [-0.1, -0.05) is 37.6 Å². The number of anilines is 1. The fraction of sp³-hybridized carbons (Fsp3) is 0.618. The fourth-order valence-electron chi connectivity index (χ4n) is 5.49. The van der Waals surface area contributed by atoms with E-state index in [4.69, 9.17) is 15.2 Å². The molecule has 258 valence electrons. The molecule has 4 rings (SSSR count). The maximum absolute atomic E-state index is 12.9. The maximum atomic E-state index is 12.9. The highest BCUT2D eigenvalue weighted by Crippen LogP contribution is 2.23. The lowest BCUT2D eigenvalue weighted by molar-refractivity contribution is -0.130. The molecule has 2 aromatic heterocycles. The number of benzene rings is 1. The number of nitrogens with one attached hydrogen (secondary N) is 2. The number of carbonyl (C=O) groups is 2. The number of aromatic amines is 1. The van der Waals surface area contributed by atoms with E-state index in [1.807, 2.05) is 12.1 Å². The lowest BCUT2D eigenvalue weighted by Gasteiger charge is -2.36. The van der Waals surface area contributed by atoms with Crippen LogP contribution in [0.25, 0.3) is 11.2 Å². The Bertz CT molecular complexity index is 1570. The summed E-state index contributed by atoms with van der Waals surface area (Å²) in [5.74, 6) is 0.527. The van der Waals surface area contributed by atoms with Gasteiger partial charge in [-0.3, -0.25) is 19.2 Å². The Morgan fingerprint density at radius 2 is 1.70 bits per heavy atom. The number of carbonyl (C=O) groups excluding carboxylic acids is 2. The molecule has 13 heteroatoms. The Morgan fingerprint density at radius 3 is 2.32 bits per heavy atom. The zero-order valence-electron chi connectivity index (χ0n) is 29.0. The van der Waals surface area contributed by atoms with Crippen molar-refractivity contribution in [3.05, 3.63) is 45.9 Å². The average Bonchev–Trinajstić information content (AvgIpc) is 3.32. The number of hydrogen-bond acceptors (Lipinski definition) is 9. The van der Waals surface area contributed by atoms with Crippen LogP contribution in [0.1, 0.15) is 84.8 Å². The molecule has 0 bridgehead atoms. The number of aromatic nitrogens is 4. The minimum Gasteiger partial charge on any atom is -0.463 e. The number of likely N-dealkylation sites (N-methyl/N-ethyl adjacent to an activating group) is 1. The number of nitrogens with two attached hydrogens (primary N) is 1. The van der Waals surface area contributed by atoms with E-state index in [2.05, 4.69) is 44.2 Å². The van der Waals surface area contributed by atoms with Crippen LogP contribution in [0, 0.1) is 5.92 Å². The van der Waals surface area contributed by atoms with Crippen LogP contribution in [-0.4, -0.2) is 85.7 Å². The number of fused-ring (bicyclic) bond motifs is 1. The topological polar surface area (TPSA) is 161 Å². The molecule has 0 atom stereocenters. The normalized spacial score (nSPS) is 14.7. The Kier molecular flexibility index (Phi) is 11.5. The molecule has 3 aromatic rings. The molecular weight excluding hydrogens is 600 g/mol. The summed E-state index contributed by atoms with van der Waals surface area (Å²) >= 11 is 0. The summed E-state index contributed by atoms with van der Waals surface area (Å²) in [6, 6.07) is 8.47. The predicted octanol–water partition coefficient (Wildman–Crippen LogP) is 4.29. The van der Waals surface area contributed by atoms with Crippen molar-refractivity contribution in [3.8, 4) is 6.01 Å². The quantitative estimate of drug-likeness (QED) is 0.229. The minimum absolute atomic E-state index is 0.173. The van der Waals surface area contributed by atoms with Crippen LogP contribution in [0.15, 0.2) is 29.1 Å². The molecule has 1 aromatic carbocycles. The molecule has 0 saturated carbocycles. The summed E-state index contributed by atoms with van der Waals surface area (Å²) in [6.07, 6.45) is 4.37. The van der Waals surface area contributed by atoms with Gasteiger partial charge in [-0.25, -0.2) is 9.59 Å². The highest BCUT2D eigenvalue weighted by molar-refractivity contribution is 5.89. The molecule has 1 aliphatic rings. The Morgan fingerprint density at radius 1 is 1.06 bits per heavy atom. The number of rotatable bonds is 13. The molecule has 1 aliphatic heterocycles. The van der Waals surface area contributed by atoms with Crippen molar-refractivity contribution >= 4 is 29.0 Å². The van der Waals surface area contributed by atoms with E-state index < -0.39 is 17.2 Å². The Labute approximate surface area is 277 Å². The Hall–Kier alpha value is -4.13. The molecule has 0 unspecified atom stereocenters. The number of hydrogen-bond donors (Lipinski definition) is 3. The first-order chi connectivity index (χ1) is 22.2. The van der Waals surface area contributed by atoms with Crippen molar-refractivity contribution in [2.24, 2.45) is 5.92 Å². The van der Waals surface area contributed by atoms with Gasteiger partial charge in [0.1, 0.15) is 16.7 Å². The smallest absolute Gasteiger partial charge is 0.410 e. The van der Waals surface area contributed by atoms with E-state index in [9.17, 15) is 14.4 Å². The third-order valence-electron chi connectivity index (χ3n) is 8.74. The summed E-state index contributed by atoms with van der Waals surface area (Å²) in [5, 5.41) is 3.02. The van der Waals surface area contributed by atoms with E-state index in [1.165, 1.54) is 10.5 Å². The predicted molar refractivity (Wildman–Crippen MR) is 182 cm³/mol. The molecule has 4 N–H and O–H groups in total. The van der Waals surface area contributed by atoms with Crippen molar-refractivity contribution in [3.63, 3.8) is 0 Å². The fourth-order valence-corrected chi connectivity index (χ4v) is 5.49. The maximum Gasteiger partial charge on any atom is 0.410 e. The van der Waals surface area contributed by atoms with Gasteiger partial charge < -0.3 is 25.5 Å². The third kappa shape index (κ3) is 9.46. The Balaban J connectivity index is 1.23. The van der Waals surface area contributed by atoms with Gasteiger partial charge in [0, 0.05) is 20.1 Å². The summed E-state index contributed by atoms with van der Waals surface area (Å²) in [4.78, 5) is 53.4. The standard InChI is InChI=1S/C34H52N8O5/c1-8-9-20-46-30-38-27(35)26-28(39-30)42(31(44)37-26)22-25-12-10-24(11-13-25)21-41-18-15-23(16-19-41)14-17-36-29(43)34(5,6)40(7)32(45)47-33(2,3)4/h10-13,23H,8-9,14-22H2,1-7H3,(H,36,43)(H,37,44)(H2,35,38,39). The van der Waals surface area contributed by atoms with E-state index in [-0.39, 0.29) is 23.4 Å². The molecule has 0 radical (unpaired) electrons. The van der Waals surface area contributed by atoms with Gasteiger partial charge in [0.25, 0.3) is 0 Å². The average molecular weight is 653 g/mol. The number of H-pyrrole nitrogens is 1. The molecule has 0 spiro atoms. The van der Waals surface area contributed by atoms with Crippen LogP contribution < -0.4 is 21.5 Å². The van der Waals surface area contributed by atoms with Crippen LogP contribution in [-0.2, 0) is 22.6 Å². The molecule has 1 saturated heterocycles. The van der Waals surface area contributed by atoms with Gasteiger partial charge in [-0.2, -0.15) is 9.97 Å². The van der Waals surface area contributed by atoms with E-state index in [0.29, 0.717) is 36.8 Å². The summed E-state index contributed by atoms with van der Waals surface area (Å²) < 4.78 is 12.6. The highest BCUT2D eigenvalue weighted by atomic mass is 16.6. The number of nitrogen functional groups attached to an aromatic ring is 1. The van der Waals surface area contributed by atoms with Gasteiger partial charge in [-0.05, 0) is 90.4 Å². The number of amides is 2. The number of imidazole rings is 1. The summed E-state index contributed by atoms with van der Waals surface area (Å²) in [5.41, 5.74) is 7.16. The zero-order valence-corrected chi connectivity index (χ0v) is 29.0. The highest BCUT2D eigenvalue weighted by Gasteiger charge is 2.37. The van der Waals surface area contributed by atoms with Gasteiger partial charge in [0.05, 0.1) is 13.2 Å². The van der Waals surface area contributed by atoms with E-state index >= 15 is 0 Å². The lowest BCUT2D eigenvalue weighted by Crippen LogP contribution is -2.56. The van der Waals surface area contributed by atoms with Crippen LogP contribution in [0.4, 0.5) is 10.6 Å². The van der Waals surface area contributed by atoms with Crippen LogP contribution in [0.2, 0.25) is 0 Å². The number of piperidine rings is 1. The first-order valence-electron chi connectivity index (χ1n) is 16.6. The van der Waals surface area contributed by atoms with Crippen molar-refractivity contribution in [2.75, 3.05) is 39.0 Å². The number of unbranched alkanes of at least 4 members (excludes halogenated alkanes) is 1. The van der Waals surface area contributed by atoms with Crippen LogP contribution in [0.5, 0.6) is 6.01 Å². The first-order valence-corrected chi connectivity index (χ1v) is 16.6. The van der Waals surface area contributed by atoms with E-state index in [0.717, 1.165) is 57.3 Å². The monoisotopic (exact) mass is 652 g/mol. The number of likely N-dealkylation sites (tertiary alicyclic amines) is 1. The molecule has 0 aliphatic carbocycles. The number of nitrogens with zero attached hydrogens (tertiary/aromatic N) is 5. The molecule has 13 nitrogen and oxygen atoms in total. The first kappa shape index (κ1) is 35.7. The van der Waals surface area contributed by atoms with E-state index in [1.54, 1.807) is 46.2 Å². The summed E-state index contributed by atoms with van der Waals surface area (Å²) in [7, 11) is 1.59. The lowest BCUT2D eigenvalue weighted by atomic mass is 9.93. The number of ether oxygens (including phenoxy) is 2. The van der Waals surface area contributed by atoms with Gasteiger partial charge in [0.2, 0.25) is 5.91 Å². The van der Waals surface area contributed by atoms with Crippen molar-refractivity contribution in [1.82, 2.24) is 34.6 Å².